The molecule has 0 radical (unpaired) electrons. The second-order valence-corrected chi connectivity index (χ2v) is 4.86. The van der Waals surface area contributed by atoms with Gasteiger partial charge in [0, 0.05) is 17.1 Å². The lowest BCUT2D eigenvalue weighted by atomic mass is 10.1. The van der Waals surface area contributed by atoms with Crippen molar-refractivity contribution >= 4 is 23.2 Å². The molecular formula is C13H12ClF3N4. The minimum atomic E-state index is -4.65. The van der Waals surface area contributed by atoms with Crippen LogP contribution >= 0.6 is 11.6 Å². The van der Waals surface area contributed by atoms with Gasteiger partial charge in [-0.2, -0.15) is 13.2 Å². The van der Waals surface area contributed by atoms with Gasteiger partial charge in [0.2, 0.25) is 5.82 Å². The molecule has 0 aliphatic rings. The lowest BCUT2D eigenvalue weighted by Crippen LogP contribution is -2.15. The van der Waals surface area contributed by atoms with Gasteiger partial charge in [0.25, 0.3) is 0 Å². The zero-order chi connectivity index (χ0) is 15.6. The number of nitrogens with zero attached hydrogens (tertiary/aromatic N) is 2. The average molecular weight is 317 g/mol. The molecule has 4 nitrogen and oxygen atoms in total. The summed E-state index contributed by atoms with van der Waals surface area (Å²) in [6, 6.07) is 7.94. The van der Waals surface area contributed by atoms with E-state index >= 15 is 0 Å². The van der Waals surface area contributed by atoms with Crippen molar-refractivity contribution in [1.29, 1.82) is 0 Å². The average Bonchev–Trinajstić information content (AvgIpc) is 2.37. The molecule has 0 aliphatic carbocycles. The molecule has 1 unspecified atom stereocenters. The highest BCUT2D eigenvalue weighted by molar-refractivity contribution is 6.30. The van der Waals surface area contributed by atoms with Crippen molar-refractivity contribution in [2.24, 2.45) is 0 Å². The van der Waals surface area contributed by atoms with Gasteiger partial charge in [0.15, 0.2) is 0 Å². The van der Waals surface area contributed by atoms with Crippen LogP contribution in [0.4, 0.5) is 24.8 Å². The van der Waals surface area contributed by atoms with E-state index in [0.29, 0.717) is 5.02 Å². The standard InChI is InChI=1S/C13H12ClF3N4/c1-7(8-3-2-4-9(14)5-8)19-11-6-10(18)20-12(21-11)13(15,16)17/h2-7H,1H3,(H3,18,19,20,21). The van der Waals surface area contributed by atoms with Crippen LogP contribution in [0.3, 0.4) is 0 Å². The number of halogens is 4. The molecule has 1 aromatic heterocycles. The van der Waals surface area contributed by atoms with Crippen molar-refractivity contribution in [2.45, 2.75) is 19.1 Å². The van der Waals surface area contributed by atoms with Gasteiger partial charge in [-0.15, -0.1) is 0 Å². The Morgan fingerprint density at radius 2 is 1.95 bits per heavy atom. The molecule has 1 aromatic carbocycles. The van der Waals surface area contributed by atoms with Gasteiger partial charge >= 0.3 is 6.18 Å². The maximum atomic E-state index is 12.6. The first kappa shape index (κ1) is 15.4. The molecule has 1 heterocycles. The van der Waals surface area contributed by atoms with Crippen molar-refractivity contribution in [2.75, 3.05) is 11.1 Å². The van der Waals surface area contributed by atoms with Crippen molar-refractivity contribution in [3.63, 3.8) is 0 Å². The summed E-state index contributed by atoms with van der Waals surface area (Å²) in [6.45, 7) is 1.78. The molecule has 3 N–H and O–H groups in total. The highest BCUT2D eigenvalue weighted by Crippen LogP contribution is 2.29. The Balaban J connectivity index is 2.25. The third-order valence-electron chi connectivity index (χ3n) is 2.71. The molecule has 2 aromatic rings. The highest BCUT2D eigenvalue weighted by atomic mass is 35.5. The van der Waals surface area contributed by atoms with E-state index < -0.39 is 12.0 Å². The van der Waals surface area contributed by atoms with Crippen molar-refractivity contribution < 1.29 is 13.2 Å². The van der Waals surface area contributed by atoms with Crippen LogP contribution in [0.25, 0.3) is 0 Å². The SMILES string of the molecule is CC(Nc1cc(N)nc(C(F)(F)F)n1)c1cccc(Cl)c1. The van der Waals surface area contributed by atoms with Gasteiger partial charge in [0.05, 0.1) is 0 Å². The van der Waals surface area contributed by atoms with Crippen LogP contribution in [0, 0.1) is 0 Å². The molecule has 0 spiro atoms. The van der Waals surface area contributed by atoms with Crippen LogP contribution in [0.15, 0.2) is 30.3 Å². The Hall–Kier alpha value is -2.02. The number of nitrogen functional groups attached to an aromatic ring is 1. The van der Waals surface area contributed by atoms with Crippen LogP contribution in [0.2, 0.25) is 5.02 Å². The smallest absolute Gasteiger partial charge is 0.384 e. The number of hydrogen-bond acceptors (Lipinski definition) is 4. The van der Waals surface area contributed by atoms with Gasteiger partial charge in [-0.25, -0.2) is 9.97 Å². The monoisotopic (exact) mass is 316 g/mol. The normalized spacial score (nSPS) is 13.0. The number of alkyl halides is 3. The molecule has 1 atom stereocenters. The molecule has 0 amide bonds. The van der Waals surface area contributed by atoms with Crippen LogP contribution in [0.5, 0.6) is 0 Å². The van der Waals surface area contributed by atoms with Crippen LogP contribution < -0.4 is 11.1 Å². The summed E-state index contributed by atoms with van der Waals surface area (Å²) in [5.74, 6) is -1.52. The van der Waals surface area contributed by atoms with Crippen LogP contribution in [-0.2, 0) is 6.18 Å². The van der Waals surface area contributed by atoms with E-state index in [1.165, 1.54) is 6.07 Å². The van der Waals surface area contributed by atoms with Gasteiger partial charge < -0.3 is 11.1 Å². The summed E-state index contributed by atoms with van der Waals surface area (Å²) in [5, 5.41) is 3.39. The maximum absolute atomic E-state index is 12.6. The van der Waals surface area contributed by atoms with Gasteiger partial charge in [-0.3, -0.25) is 0 Å². The summed E-state index contributed by atoms with van der Waals surface area (Å²) in [7, 11) is 0. The first-order chi connectivity index (χ1) is 9.75. The molecule has 0 saturated carbocycles. The number of hydrogen-bond donors (Lipinski definition) is 2. The Morgan fingerprint density at radius 3 is 2.57 bits per heavy atom. The lowest BCUT2D eigenvalue weighted by Gasteiger charge is -2.16. The van der Waals surface area contributed by atoms with E-state index in [1.807, 2.05) is 0 Å². The van der Waals surface area contributed by atoms with Gasteiger partial charge in [-0.05, 0) is 24.6 Å². The summed E-state index contributed by atoms with van der Waals surface area (Å²) >= 11 is 5.88. The molecule has 8 heteroatoms. The van der Waals surface area contributed by atoms with Gasteiger partial charge in [-0.1, -0.05) is 23.7 Å². The van der Waals surface area contributed by atoms with Crippen LogP contribution in [0.1, 0.15) is 24.4 Å². The fourth-order valence-electron chi connectivity index (χ4n) is 1.75. The number of anilines is 2. The molecule has 21 heavy (non-hydrogen) atoms. The number of nitrogens with two attached hydrogens (primary N) is 1. The highest BCUT2D eigenvalue weighted by Gasteiger charge is 2.35. The molecule has 0 bridgehead atoms. The van der Waals surface area contributed by atoms with Crippen molar-refractivity contribution in [1.82, 2.24) is 9.97 Å². The zero-order valence-corrected chi connectivity index (χ0v) is 11.7. The largest absolute Gasteiger partial charge is 0.451 e. The van der Waals surface area contributed by atoms with Gasteiger partial charge in [0.1, 0.15) is 11.6 Å². The molecule has 0 fully saturated rings. The predicted octanol–water partition coefficient (Wildman–Crippen LogP) is 3.90. The quantitative estimate of drug-likeness (QED) is 0.901. The second kappa shape index (κ2) is 5.77. The number of benzene rings is 1. The topological polar surface area (TPSA) is 63.8 Å². The minimum Gasteiger partial charge on any atom is -0.384 e. The van der Waals surface area contributed by atoms with E-state index in [9.17, 15) is 13.2 Å². The second-order valence-electron chi connectivity index (χ2n) is 4.42. The van der Waals surface area contributed by atoms with E-state index in [4.69, 9.17) is 17.3 Å². The third-order valence-corrected chi connectivity index (χ3v) is 2.95. The molecule has 2 rings (SSSR count). The number of rotatable bonds is 3. The maximum Gasteiger partial charge on any atom is 0.451 e. The third kappa shape index (κ3) is 3.98. The fraction of sp³-hybridized carbons (Fsp3) is 0.231. The summed E-state index contributed by atoms with van der Waals surface area (Å²) < 4.78 is 37.9. The summed E-state index contributed by atoms with van der Waals surface area (Å²) in [6.07, 6.45) is -4.65. The van der Waals surface area contributed by atoms with E-state index in [2.05, 4.69) is 15.3 Å². The van der Waals surface area contributed by atoms with Crippen molar-refractivity contribution in [3.05, 3.63) is 46.7 Å². The molecule has 112 valence electrons. The molecule has 0 aliphatic heterocycles. The fourth-order valence-corrected chi connectivity index (χ4v) is 1.95. The first-order valence-electron chi connectivity index (χ1n) is 5.99. The van der Waals surface area contributed by atoms with Crippen molar-refractivity contribution in [3.8, 4) is 0 Å². The van der Waals surface area contributed by atoms with E-state index in [0.717, 1.165) is 5.56 Å². The Labute approximate surface area is 124 Å². The Morgan fingerprint density at radius 1 is 1.24 bits per heavy atom. The van der Waals surface area contributed by atoms with E-state index in [1.54, 1.807) is 31.2 Å². The summed E-state index contributed by atoms with van der Waals surface area (Å²) in [4.78, 5) is 6.61. The minimum absolute atomic E-state index is 0.00213. The van der Waals surface area contributed by atoms with E-state index in [-0.39, 0.29) is 17.7 Å². The Kier molecular flexibility index (Phi) is 4.22. The molecule has 0 saturated heterocycles. The Bertz CT molecular complexity index is 646. The number of aromatic nitrogens is 2. The molecular weight excluding hydrogens is 305 g/mol. The zero-order valence-electron chi connectivity index (χ0n) is 10.9. The predicted molar refractivity (Wildman–Crippen MR) is 74.9 cm³/mol. The first-order valence-corrected chi connectivity index (χ1v) is 6.37. The lowest BCUT2D eigenvalue weighted by molar-refractivity contribution is -0.144. The van der Waals surface area contributed by atoms with Crippen LogP contribution in [-0.4, -0.2) is 9.97 Å². The number of nitrogens with one attached hydrogen (secondary N) is 1. The summed E-state index contributed by atoms with van der Waals surface area (Å²) in [5.41, 5.74) is 6.20.